The lowest BCUT2D eigenvalue weighted by molar-refractivity contribution is -0.128. The molecule has 3 aromatic carbocycles. The second-order valence-electron chi connectivity index (χ2n) is 7.94. The summed E-state index contributed by atoms with van der Waals surface area (Å²) in [6.45, 7) is 0.0767. The van der Waals surface area contributed by atoms with Crippen molar-refractivity contribution in [2.75, 3.05) is 0 Å². The molecule has 0 aromatic heterocycles. The zero-order chi connectivity index (χ0) is 24.2. The zero-order valence-electron chi connectivity index (χ0n) is 18.9. The Hall–Kier alpha value is -4.13. The molecule has 2 atom stereocenters. The molecule has 176 valence electrons. The van der Waals surface area contributed by atoms with E-state index in [0.29, 0.717) is 12.8 Å². The van der Waals surface area contributed by atoms with E-state index in [0.717, 1.165) is 16.7 Å². The molecular weight excluding hydrogens is 430 g/mol. The van der Waals surface area contributed by atoms with Gasteiger partial charge in [0.2, 0.25) is 11.8 Å². The van der Waals surface area contributed by atoms with Crippen LogP contribution in [0.2, 0.25) is 0 Å². The number of carbonyl (C=O) groups is 3. The number of rotatable bonds is 11. The first-order valence-electron chi connectivity index (χ1n) is 11.2. The fourth-order valence-corrected chi connectivity index (χ4v) is 3.48. The van der Waals surface area contributed by atoms with Gasteiger partial charge in [0.1, 0.15) is 18.7 Å². The number of amides is 3. The van der Waals surface area contributed by atoms with Gasteiger partial charge in [0.25, 0.3) is 0 Å². The third kappa shape index (κ3) is 8.09. The normalized spacial score (nSPS) is 12.2. The summed E-state index contributed by atoms with van der Waals surface area (Å²) in [5.74, 6) is -1.13. The van der Waals surface area contributed by atoms with Crippen LogP contribution < -0.4 is 16.4 Å². The van der Waals surface area contributed by atoms with Crippen molar-refractivity contribution in [3.63, 3.8) is 0 Å². The third-order valence-electron chi connectivity index (χ3n) is 5.33. The van der Waals surface area contributed by atoms with Crippen molar-refractivity contribution in [1.82, 2.24) is 10.6 Å². The van der Waals surface area contributed by atoms with Gasteiger partial charge >= 0.3 is 6.09 Å². The SMILES string of the molecule is NC(=O)[C@@H](CCc1ccccc1)NC(=O)[C@H](Cc1ccccc1)NC(=O)OCc1ccccc1. The van der Waals surface area contributed by atoms with Gasteiger partial charge in [-0.1, -0.05) is 91.0 Å². The van der Waals surface area contributed by atoms with Crippen LogP contribution in [-0.2, 0) is 33.8 Å². The first-order valence-corrected chi connectivity index (χ1v) is 11.2. The highest BCUT2D eigenvalue weighted by atomic mass is 16.5. The van der Waals surface area contributed by atoms with Crippen LogP contribution in [0.3, 0.4) is 0 Å². The van der Waals surface area contributed by atoms with E-state index >= 15 is 0 Å². The van der Waals surface area contributed by atoms with Crippen molar-refractivity contribution >= 4 is 17.9 Å². The maximum Gasteiger partial charge on any atom is 0.408 e. The molecule has 0 fully saturated rings. The van der Waals surface area contributed by atoms with Crippen LogP contribution in [0.5, 0.6) is 0 Å². The molecule has 0 unspecified atom stereocenters. The second-order valence-corrected chi connectivity index (χ2v) is 7.94. The highest BCUT2D eigenvalue weighted by Gasteiger charge is 2.26. The molecule has 0 heterocycles. The summed E-state index contributed by atoms with van der Waals surface area (Å²) in [7, 11) is 0. The molecule has 3 rings (SSSR count). The molecule has 3 amide bonds. The van der Waals surface area contributed by atoms with Gasteiger partial charge in [0.15, 0.2) is 0 Å². The highest BCUT2D eigenvalue weighted by Crippen LogP contribution is 2.08. The zero-order valence-corrected chi connectivity index (χ0v) is 18.9. The topological polar surface area (TPSA) is 111 Å². The van der Waals surface area contributed by atoms with Crippen molar-refractivity contribution in [1.29, 1.82) is 0 Å². The predicted molar refractivity (Wildman–Crippen MR) is 130 cm³/mol. The number of nitrogens with two attached hydrogens (primary N) is 1. The van der Waals surface area contributed by atoms with Crippen molar-refractivity contribution < 1.29 is 19.1 Å². The number of hydrogen-bond acceptors (Lipinski definition) is 4. The lowest BCUT2D eigenvalue weighted by Crippen LogP contribution is -2.53. The van der Waals surface area contributed by atoms with Crippen LogP contribution in [0.25, 0.3) is 0 Å². The molecule has 0 saturated heterocycles. The van der Waals surface area contributed by atoms with Gasteiger partial charge in [0.05, 0.1) is 0 Å². The minimum atomic E-state index is -0.941. The maximum atomic E-state index is 13.1. The number of ether oxygens (including phenoxy) is 1. The van der Waals surface area contributed by atoms with Crippen molar-refractivity contribution in [3.05, 3.63) is 108 Å². The first-order chi connectivity index (χ1) is 16.5. The number of aryl methyl sites for hydroxylation is 1. The minimum Gasteiger partial charge on any atom is -0.445 e. The molecule has 4 N–H and O–H groups in total. The Morgan fingerprint density at radius 2 is 1.24 bits per heavy atom. The maximum absolute atomic E-state index is 13.1. The second kappa shape index (κ2) is 12.8. The number of primary amides is 1. The predicted octanol–water partition coefficient (Wildman–Crippen LogP) is 3.13. The molecule has 0 aliphatic carbocycles. The Labute approximate surface area is 199 Å². The lowest BCUT2D eigenvalue weighted by atomic mass is 10.0. The van der Waals surface area contributed by atoms with Crippen LogP contribution in [0, 0.1) is 0 Å². The molecular formula is C27H29N3O4. The number of hydrogen-bond donors (Lipinski definition) is 3. The Morgan fingerprint density at radius 3 is 1.79 bits per heavy atom. The highest BCUT2D eigenvalue weighted by molar-refractivity contribution is 5.90. The summed E-state index contributed by atoms with van der Waals surface area (Å²) in [6.07, 6.45) is 0.434. The smallest absolute Gasteiger partial charge is 0.408 e. The Balaban J connectivity index is 1.64. The molecule has 0 aliphatic heterocycles. The Morgan fingerprint density at radius 1 is 0.706 bits per heavy atom. The molecule has 0 radical (unpaired) electrons. The molecule has 7 nitrogen and oxygen atoms in total. The van der Waals surface area contributed by atoms with Gasteiger partial charge < -0.3 is 21.1 Å². The minimum absolute atomic E-state index is 0.0767. The van der Waals surface area contributed by atoms with E-state index in [9.17, 15) is 14.4 Å². The number of benzene rings is 3. The van der Waals surface area contributed by atoms with Crippen LogP contribution in [-0.4, -0.2) is 30.0 Å². The summed E-state index contributed by atoms with van der Waals surface area (Å²) < 4.78 is 5.28. The largest absolute Gasteiger partial charge is 0.445 e. The first kappa shape index (κ1) is 24.5. The molecule has 3 aromatic rings. The van der Waals surface area contributed by atoms with Gasteiger partial charge in [-0.15, -0.1) is 0 Å². The summed E-state index contributed by atoms with van der Waals surface area (Å²) in [5.41, 5.74) is 8.27. The molecule has 0 aliphatic rings. The van der Waals surface area contributed by atoms with E-state index in [1.54, 1.807) is 0 Å². The molecule has 0 spiro atoms. The summed E-state index contributed by atoms with van der Waals surface area (Å²) >= 11 is 0. The van der Waals surface area contributed by atoms with Crippen molar-refractivity contribution in [3.8, 4) is 0 Å². The van der Waals surface area contributed by atoms with Gasteiger partial charge in [0, 0.05) is 6.42 Å². The number of carbonyl (C=O) groups excluding carboxylic acids is 3. The molecule has 0 saturated carbocycles. The van der Waals surface area contributed by atoms with E-state index in [1.165, 1.54) is 0 Å². The Kier molecular flexibility index (Phi) is 9.22. The van der Waals surface area contributed by atoms with E-state index in [1.807, 2.05) is 91.0 Å². The van der Waals surface area contributed by atoms with Crippen LogP contribution >= 0.6 is 0 Å². The fourth-order valence-electron chi connectivity index (χ4n) is 3.48. The fraction of sp³-hybridized carbons (Fsp3) is 0.222. The van der Waals surface area contributed by atoms with Gasteiger partial charge in [-0.2, -0.15) is 0 Å². The molecule has 7 heteroatoms. The molecule has 34 heavy (non-hydrogen) atoms. The average Bonchev–Trinajstić information content (AvgIpc) is 2.86. The van der Waals surface area contributed by atoms with Crippen LogP contribution in [0.15, 0.2) is 91.0 Å². The summed E-state index contributed by atoms with van der Waals surface area (Å²) in [6, 6.07) is 26.4. The third-order valence-corrected chi connectivity index (χ3v) is 5.33. The Bertz CT molecular complexity index is 1060. The van der Waals surface area contributed by atoms with E-state index in [-0.39, 0.29) is 13.0 Å². The number of nitrogens with one attached hydrogen (secondary N) is 2. The van der Waals surface area contributed by atoms with Crippen LogP contribution in [0.1, 0.15) is 23.1 Å². The summed E-state index contributed by atoms with van der Waals surface area (Å²) in [4.78, 5) is 37.6. The van der Waals surface area contributed by atoms with Crippen molar-refractivity contribution in [2.45, 2.75) is 38.0 Å². The number of alkyl carbamates (subject to hydrolysis) is 1. The van der Waals surface area contributed by atoms with E-state index in [2.05, 4.69) is 10.6 Å². The van der Waals surface area contributed by atoms with Gasteiger partial charge in [-0.3, -0.25) is 9.59 Å². The lowest BCUT2D eigenvalue weighted by Gasteiger charge is -2.22. The quantitative estimate of drug-likeness (QED) is 0.409. The summed E-state index contributed by atoms with van der Waals surface area (Å²) in [5, 5.41) is 5.33. The average molecular weight is 460 g/mol. The van der Waals surface area contributed by atoms with E-state index in [4.69, 9.17) is 10.5 Å². The van der Waals surface area contributed by atoms with Gasteiger partial charge in [-0.25, -0.2) is 4.79 Å². The van der Waals surface area contributed by atoms with Crippen LogP contribution in [0.4, 0.5) is 4.79 Å². The standard InChI is InChI=1S/C27H29N3O4/c28-25(31)23(17-16-20-10-4-1-5-11-20)29-26(32)24(18-21-12-6-2-7-13-21)30-27(33)34-19-22-14-8-3-9-15-22/h1-15,23-24H,16-19H2,(H2,28,31)(H,29,32)(H,30,33)/t23-,24+/m1/s1. The monoisotopic (exact) mass is 459 g/mol. The molecule has 0 bridgehead atoms. The van der Waals surface area contributed by atoms with Gasteiger partial charge in [-0.05, 0) is 29.5 Å². The van der Waals surface area contributed by atoms with Crippen molar-refractivity contribution in [2.24, 2.45) is 5.73 Å². The van der Waals surface area contributed by atoms with E-state index < -0.39 is 30.0 Å².